The zero-order valence-electron chi connectivity index (χ0n) is 12.4. The van der Waals surface area contributed by atoms with Gasteiger partial charge in [-0.15, -0.1) is 0 Å². The summed E-state index contributed by atoms with van der Waals surface area (Å²) in [6, 6.07) is 11.2. The molecule has 1 aliphatic heterocycles. The van der Waals surface area contributed by atoms with E-state index in [-0.39, 0.29) is 18.2 Å². The topological polar surface area (TPSA) is 77.3 Å². The first kappa shape index (κ1) is 13.5. The minimum Gasteiger partial charge on any atom is -0.488 e. The van der Waals surface area contributed by atoms with Crippen LogP contribution in [0.2, 0.25) is 0 Å². The number of carbonyl (C=O) groups is 1. The molecule has 3 heterocycles. The molecule has 2 aromatic heterocycles. The van der Waals surface area contributed by atoms with Crippen LogP contribution < -0.4 is 10.1 Å². The molecule has 6 nitrogen and oxygen atoms in total. The summed E-state index contributed by atoms with van der Waals surface area (Å²) >= 11 is 0. The molecule has 1 aromatic carbocycles. The van der Waals surface area contributed by atoms with Gasteiger partial charge in [0.15, 0.2) is 11.5 Å². The summed E-state index contributed by atoms with van der Waals surface area (Å²) in [6.45, 7) is 2.13. The van der Waals surface area contributed by atoms with Crippen molar-refractivity contribution in [2.45, 2.75) is 13.5 Å². The second kappa shape index (κ2) is 5.24. The van der Waals surface area contributed by atoms with Gasteiger partial charge in [-0.05, 0) is 30.7 Å². The Hall–Kier alpha value is -3.15. The van der Waals surface area contributed by atoms with Gasteiger partial charge >= 0.3 is 0 Å². The zero-order chi connectivity index (χ0) is 15.8. The Bertz CT molecular complexity index is 902. The average Bonchev–Trinajstić information content (AvgIpc) is 3.01. The minimum absolute atomic E-state index is 0.222. The largest absolute Gasteiger partial charge is 0.488 e. The van der Waals surface area contributed by atoms with Crippen LogP contribution in [0.1, 0.15) is 21.6 Å². The summed E-state index contributed by atoms with van der Waals surface area (Å²) in [5, 5.41) is 6.69. The van der Waals surface area contributed by atoms with Gasteiger partial charge in [0, 0.05) is 6.20 Å². The van der Waals surface area contributed by atoms with Crippen molar-refractivity contribution in [3.8, 4) is 17.1 Å². The van der Waals surface area contributed by atoms with Gasteiger partial charge in [0.25, 0.3) is 5.91 Å². The first-order chi connectivity index (χ1) is 11.2. The molecule has 0 saturated heterocycles. The quantitative estimate of drug-likeness (QED) is 0.786. The number of para-hydroxylation sites is 1. The lowest BCUT2D eigenvalue weighted by molar-refractivity contribution is 0.101. The summed E-state index contributed by atoms with van der Waals surface area (Å²) in [5.74, 6) is 1.45. The third-order valence-corrected chi connectivity index (χ3v) is 3.75. The minimum atomic E-state index is -0.361. The number of benzene rings is 1. The van der Waals surface area contributed by atoms with Crippen molar-refractivity contribution in [1.29, 1.82) is 0 Å². The summed E-state index contributed by atoms with van der Waals surface area (Å²) in [5.41, 5.74) is 2.54. The van der Waals surface area contributed by atoms with Crippen molar-refractivity contribution < 1.29 is 14.1 Å². The molecular formula is C17H13N3O3. The van der Waals surface area contributed by atoms with Crippen LogP contribution in [0.15, 0.2) is 47.1 Å². The maximum Gasteiger partial charge on any atom is 0.279 e. The number of aromatic nitrogens is 2. The number of fused-ring (bicyclic) bond motifs is 3. The lowest BCUT2D eigenvalue weighted by Gasteiger charge is -2.15. The van der Waals surface area contributed by atoms with Gasteiger partial charge in [-0.3, -0.25) is 4.79 Å². The van der Waals surface area contributed by atoms with Crippen LogP contribution in [-0.2, 0) is 6.61 Å². The molecule has 0 saturated carbocycles. The van der Waals surface area contributed by atoms with Gasteiger partial charge in [-0.1, -0.05) is 23.4 Å². The van der Waals surface area contributed by atoms with Crippen LogP contribution >= 0.6 is 0 Å². The maximum atomic E-state index is 12.5. The van der Waals surface area contributed by atoms with Gasteiger partial charge in [-0.25, -0.2) is 4.98 Å². The number of nitrogens with zero attached hydrogens (tertiary/aromatic N) is 2. The Labute approximate surface area is 132 Å². The number of ether oxygens (including phenoxy) is 1. The average molecular weight is 307 g/mol. The Kier molecular flexibility index (Phi) is 3.08. The molecule has 0 aliphatic carbocycles. The van der Waals surface area contributed by atoms with Crippen LogP contribution in [-0.4, -0.2) is 16.0 Å². The molecule has 0 unspecified atom stereocenters. The molecule has 1 amide bonds. The highest BCUT2D eigenvalue weighted by Crippen LogP contribution is 2.38. The molecule has 1 aliphatic rings. The van der Waals surface area contributed by atoms with Crippen LogP contribution in [0.5, 0.6) is 5.75 Å². The number of amides is 1. The number of aryl methyl sites for hydroxylation is 1. The summed E-state index contributed by atoms with van der Waals surface area (Å²) < 4.78 is 11.1. The summed E-state index contributed by atoms with van der Waals surface area (Å²) in [6.07, 6.45) is 1.63. The predicted molar refractivity (Wildman–Crippen MR) is 83.2 cm³/mol. The Morgan fingerprint density at radius 1 is 1.22 bits per heavy atom. The number of rotatable bonds is 2. The third kappa shape index (κ3) is 2.24. The molecule has 6 heteroatoms. The van der Waals surface area contributed by atoms with Crippen LogP contribution in [0.3, 0.4) is 0 Å². The molecule has 0 fully saturated rings. The second-order valence-corrected chi connectivity index (χ2v) is 5.25. The molecule has 1 N–H and O–H groups in total. The molecule has 0 spiro atoms. The highest BCUT2D eigenvalue weighted by atomic mass is 16.5. The van der Waals surface area contributed by atoms with Crippen molar-refractivity contribution in [3.63, 3.8) is 0 Å². The fourth-order valence-corrected chi connectivity index (χ4v) is 2.55. The highest BCUT2D eigenvalue weighted by Gasteiger charge is 2.28. The van der Waals surface area contributed by atoms with Gasteiger partial charge in [0.2, 0.25) is 0 Å². The molecular weight excluding hydrogens is 294 g/mol. The smallest absolute Gasteiger partial charge is 0.279 e. The SMILES string of the molecule is Cc1cccnc1NC(=O)c1noc2c1COc1ccccc1-2. The first-order valence-electron chi connectivity index (χ1n) is 7.18. The van der Waals surface area contributed by atoms with Gasteiger partial charge < -0.3 is 14.6 Å². The monoisotopic (exact) mass is 307 g/mol. The van der Waals surface area contributed by atoms with Gasteiger partial charge in [-0.2, -0.15) is 0 Å². The predicted octanol–water partition coefficient (Wildman–Crippen LogP) is 3.19. The molecule has 114 valence electrons. The van der Waals surface area contributed by atoms with E-state index in [0.717, 1.165) is 16.9 Å². The van der Waals surface area contributed by atoms with Crippen LogP contribution in [0.4, 0.5) is 5.82 Å². The number of hydrogen-bond acceptors (Lipinski definition) is 5. The first-order valence-corrected chi connectivity index (χ1v) is 7.18. The van der Waals surface area contributed by atoms with Crippen molar-refractivity contribution >= 4 is 11.7 Å². The molecule has 3 aromatic rings. The molecule has 4 rings (SSSR count). The van der Waals surface area contributed by atoms with Gasteiger partial charge in [0.05, 0.1) is 11.1 Å². The Morgan fingerprint density at radius 2 is 2.09 bits per heavy atom. The lowest BCUT2D eigenvalue weighted by atomic mass is 10.0. The second-order valence-electron chi connectivity index (χ2n) is 5.25. The van der Waals surface area contributed by atoms with Crippen LogP contribution in [0, 0.1) is 6.92 Å². The van der Waals surface area contributed by atoms with Gasteiger partial charge in [0.1, 0.15) is 18.2 Å². The van der Waals surface area contributed by atoms with Crippen LogP contribution in [0.25, 0.3) is 11.3 Å². The standard InChI is InChI=1S/C17H13N3O3/c1-10-5-4-8-18-16(10)19-17(21)14-12-9-22-13-7-3-2-6-11(13)15(12)23-20-14/h2-8H,9H2,1H3,(H,18,19,21). The van der Waals surface area contributed by atoms with E-state index in [2.05, 4.69) is 15.5 Å². The number of anilines is 1. The number of nitrogens with one attached hydrogen (secondary N) is 1. The van der Waals surface area contributed by atoms with E-state index >= 15 is 0 Å². The fourth-order valence-electron chi connectivity index (χ4n) is 2.55. The maximum absolute atomic E-state index is 12.5. The van der Waals surface area contributed by atoms with E-state index in [9.17, 15) is 4.79 Å². The van der Waals surface area contributed by atoms with E-state index < -0.39 is 0 Å². The van der Waals surface area contributed by atoms with E-state index in [0.29, 0.717) is 17.1 Å². The number of pyridine rings is 1. The van der Waals surface area contributed by atoms with E-state index in [1.807, 2.05) is 43.3 Å². The summed E-state index contributed by atoms with van der Waals surface area (Å²) in [4.78, 5) is 16.6. The number of hydrogen-bond donors (Lipinski definition) is 1. The molecule has 0 radical (unpaired) electrons. The highest BCUT2D eigenvalue weighted by molar-refractivity contribution is 6.04. The third-order valence-electron chi connectivity index (χ3n) is 3.75. The van der Waals surface area contributed by atoms with E-state index in [4.69, 9.17) is 9.26 Å². The Morgan fingerprint density at radius 3 is 2.96 bits per heavy atom. The molecule has 0 bridgehead atoms. The van der Waals surface area contributed by atoms with Crippen molar-refractivity contribution in [2.75, 3.05) is 5.32 Å². The zero-order valence-corrected chi connectivity index (χ0v) is 12.4. The van der Waals surface area contributed by atoms with E-state index in [1.165, 1.54) is 0 Å². The Balaban J connectivity index is 1.69. The molecule has 0 atom stereocenters. The lowest BCUT2D eigenvalue weighted by Crippen LogP contribution is -2.17. The van der Waals surface area contributed by atoms with E-state index in [1.54, 1.807) is 6.20 Å². The fraction of sp³-hybridized carbons (Fsp3) is 0.118. The normalized spacial score (nSPS) is 12.0. The molecule has 23 heavy (non-hydrogen) atoms. The summed E-state index contributed by atoms with van der Waals surface area (Å²) in [7, 11) is 0. The van der Waals surface area contributed by atoms with Crippen molar-refractivity contribution in [3.05, 3.63) is 59.4 Å². The van der Waals surface area contributed by atoms with Crippen molar-refractivity contribution in [1.82, 2.24) is 10.1 Å². The number of carbonyl (C=O) groups excluding carboxylic acids is 1. The van der Waals surface area contributed by atoms with Crippen molar-refractivity contribution in [2.24, 2.45) is 0 Å².